The summed E-state index contributed by atoms with van der Waals surface area (Å²) >= 11 is 8.63. The van der Waals surface area contributed by atoms with Gasteiger partial charge in [0, 0.05) is 15.6 Å². The number of amides is 1. The maximum Gasteiger partial charge on any atom is 0.257 e. The summed E-state index contributed by atoms with van der Waals surface area (Å²) in [7, 11) is 0. The Bertz CT molecular complexity index is 980. The van der Waals surface area contributed by atoms with Crippen LogP contribution in [0.1, 0.15) is 27.2 Å². The van der Waals surface area contributed by atoms with Crippen LogP contribution in [0.4, 0.5) is 0 Å². The second kappa shape index (κ2) is 8.50. The minimum Gasteiger partial charge on any atom is -0.459 e. The Morgan fingerprint density at radius 3 is 2.48 bits per heavy atom. The average Bonchev–Trinajstić information content (AvgIpc) is 3.12. The van der Waals surface area contributed by atoms with E-state index >= 15 is 0 Å². The summed E-state index contributed by atoms with van der Waals surface area (Å²) in [6.45, 7) is 4.38. The summed E-state index contributed by atoms with van der Waals surface area (Å²) in [6, 6.07) is 17.3. The Hall–Kier alpha value is -2.44. The van der Waals surface area contributed by atoms with Gasteiger partial charge in [0.05, 0.1) is 6.54 Å². The zero-order chi connectivity index (χ0) is 19.4. The van der Waals surface area contributed by atoms with Gasteiger partial charge in [-0.3, -0.25) is 10.1 Å². The monoisotopic (exact) mass is 442 g/mol. The first-order chi connectivity index (χ1) is 12.9. The van der Waals surface area contributed by atoms with Gasteiger partial charge in [-0.15, -0.1) is 0 Å². The molecule has 0 atom stereocenters. The summed E-state index contributed by atoms with van der Waals surface area (Å²) < 4.78 is 6.85. The Labute approximate surface area is 172 Å². The molecule has 27 heavy (non-hydrogen) atoms. The van der Waals surface area contributed by atoms with Crippen LogP contribution in [0.15, 0.2) is 63.5 Å². The molecule has 138 valence electrons. The highest BCUT2D eigenvalue weighted by Gasteiger charge is 2.10. The largest absolute Gasteiger partial charge is 0.459 e. The van der Waals surface area contributed by atoms with Gasteiger partial charge in [0.25, 0.3) is 5.91 Å². The molecule has 0 unspecified atom stereocenters. The Balaban J connectivity index is 1.55. The van der Waals surface area contributed by atoms with Crippen LogP contribution in [0.3, 0.4) is 0 Å². The highest BCUT2D eigenvalue weighted by Crippen LogP contribution is 2.23. The average molecular weight is 443 g/mol. The number of carbonyl (C=O) groups is 1. The lowest BCUT2D eigenvalue weighted by Crippen LogP contribution is -2.38. The van der Waals surface area contributed by atoms with Crippen molar-refractivity contribution < 1.29 is 9.21 Å². The molecule has 0 aliphatic heterocycles. The fraction of sp³-hybridized carbons (Fsp3) is 0.143. The Morgan fingerprint density at radius 1 is 1.04 bits per heavy atom. The molecular weight excluding hydrogens is 424 g/mol. The molecule has 0 bridgehead atoms. The molecule has 3 aromatic rings. The molecule has 0 aliphatic carbocycles. The van der Waals surface area contributed by atoms with E-state index in [9.17, 15) is 4.79 Å². The fourth-order valence-electron chi connectivity index (χ4n) is 2.51. The van der Waals surface area contributed by atoms with Crippen molar-refractivity contribution in [2.24, 2.45) is 0 Å². The fourth-order valence-corrected chi connectivity index (χ4v) is 2.94. The number of hydrogen-bond donors (Lipinski definition) is 2. The van der Waals surface area contributed by atoms with E-state index in [2.05, 4.69) is 26.6 Å². The van der Waals surface area contributed by atoms with Gasteiger partial charge in [-0.1, -0.05) is 34.1 Å². The minimum absolute atomic E-state index is 0.231. The summed E-state index contributed by atoms with van der Waals surface area (Å²) in [4.78, 5) is 12.3. The van der Waals surface area contributed by atoms with Crippen molar-refractivity contribution in [2.75, 3.05) is 0 Å². The van der Waals surface area contributed by atoms with Crippen molar-refractivity contribution in [1.29, 1.82) is 0 Å². The van der Waals surface area contributed by atoms with Gasteiger partial charge in [-0.2, -0.15) is 0 Å². The Kier molecular flexibility index (Phi) is 6.08. The molecule has 3 rings (SSSR count). The molecule has 1 amide bonds. The topological polar surface area (TPSA) is 54.3 Å². The zero-order valence-electron chi connectivity index (χ0n) is 15.0. The first-order valence-electron chi connectivity index (χ1n) is 8.43. The highest BCUT2D eigenvalue weighted by atomic mass is 79.9. The normalized spacial score (nSPS) is 10.5. The van der Waals surface area contributed by atoms with E-state index in [0.717, 1.165) is 32.7 Å². The lowest BCUT2D eigenvalue weighted by Gasteiger charge is -2.09. The lowest BCUT2D eigenvalue weighted by atomic mass is 10.1. The second-order valence-corrected chi connectivity index (χ2v) is 7.53. The van der Waals surface area contributed by atoms with Gasteiger partial charge in [0.15, 0.2) is 5.11 Å². The predicted octanol–water partition coefficient (Wildman–Crippen LogP) is 5.13. The molecule has 2 N–H and O–H groups in total. The Morgan fingerprint density at radius 2 is 1.78 bits per heavy atom. The summed E-state index contributed by atoms with van der Waals surface area (Å²) in [5, 5.41) is 5.95. The van der Waals surface area contributed by atoms with E-state index in [4.69, 9.17) is 16.6 Å². The third kappa shape index (κ3) is 5.05. The SMILES string of the molecule is Cc1ccc(C(=O)NC(=S)NCc2ccc(-c3ccc(Br)cc3)o2)cc1C. The molecule has 0 radical (unpaired) electrons. The minimum atomic E-state index is -0.231. The molecule has 0 saturated heterocycles. The van der Waals surface area contributed by atoms with Crippen molar-refractivity contribution >= 4 is 39.2 Å². The summed E-state index contributed by atoms with van der Waals surface area (Å²) in [5.74, 6) is 1.28. The number of thiocarbonyl (C=S) groups is 1. The number of hydrogen-bond acceptors (Lipinski definition) is 3. The second-order valence-electron chi connectivity index (χ2n) is 6.21. The van der Waals surface area contributed by atoms with Crippen molar-refractivity contribution in [3.05, 3.63) is 81.5 Å². The summed E-state index contributed by atoms with van der Waals surface area (Å²) in [5.41, 5.74) is 3.79. The molecule has 0 aliphatic rings. The zero-order valence-corrected chi connectivity index (χ0v) is 17.4. The van der Waals surface area contributed by atoms with E-state index in [1.54, 1.807) is 6.07 Å². The van der Waals surface area contributed by atoms with Crippen LogP contribution in [0.5, 0.6) is 0 Å². The third-order valence-corrected chi connectivity index (χ3v) is 4.98. The number of halogens is 1. The van der Waals surface area contributed by atoms with Crippen molar-refractivity contribution in [3.63, 3.8) is 0 Å². The number of nitrogens with one attached hydrogen (secondary N) is 2. The van der Waals surface area contributed by atoms with Crippen molar-refractivity contribution in [2.45, 2.75) is 20.4 Å². The maximum absolute atomic E-state index is 12.3. The molecule has 0 saturated carbocycles. The van der Waals surface area contributed by atoms with Gasteiger partial charge in [-0.05, 0) is 73.6 Å². The molecule has 4 nitrogen and oxygen atoms in total. The number of furan rings is 1. The van der Waals surface area contributed by atoms with Gasteiger partial charge in [0.1, 0.15) is 11.5 Å². The smallest absolute Gasteiger partial charge is 0.257 e. The standard InChI is InChI=1S/C21H19BrN2O2S/c1-13-3-4-16(11-14(13)2)20(25)24-21(27)23-12-18-9-10-19(26-18)15-5-7-17(22)8-6-15/h3-11H,12H2,1-2H3,(H2,23,24,25,27). The first-order valence-corrected chi connectivity index (χ1v) is 9.63. The van der Waals surface area contributed by atoms with Crippen LogP contribution in [-0.2, 0) is 6.54 Å². The molecule has 0 fully saturated rings. The molecule has 0 spiro atoms. The van der Waals surface area contributed by atoms with E-state index in [-0.39, 0.29) is 11.0 Å². The van der Waals surface area contributed by atoms with Crippen molar-refractivity contribution in [1.82, 2.24) is 10.6 Å². The van der Waals surface area contributed by atoms with Crippen LogP contribution in [-0.4, -0.2) is 11.0 Å². The number of benzene rings is 2. The third-order valence-electron chi connectivity index (χ3n) is 4.21. The number of carbonyl (C=O) groups excluding carboxylic acids is 1. The van der Waals surface area contributed by atoms with Crippen molar-refractivity contribution in [3.8, 4) is 11.3 Å². The number of aryl methyl sites for hydroxylation is 2. The van der Waals surface area contributed by atoms with Crippen LogP contribution in [0.25, 0.3) is 11.3 Å². The number of rotatable bonds is 4. The van der Waals surface area contributed by atoms with Gasteiger partial charge in [0.2, 0.25) is 0 Å². The van der Waals surface area contributed by atoms with Gasteiger partial charge >= 0.3 is 0 Å². The van der Waals surface area contributed by atoms with Crippen LogP contribution >= 0.6 is 28.1 Å². The molecule has 1 aromatic heterocycles. The van der Waals surface area contributed by atoms with Crippen LogP contribution in [0.2, 0.25) is 0 Å². The van der Waals surface area contributed by atoms with Gasteiger partial charge < -0.3 is 9.73 Å². The van der Waals surface area contributed by atoms with E-state index in [1.165, 1.54) is 0 Å². The van der Waals surface area contributed by atoms with E-state index in [1.807, 2.05) is 62.4 Å². The van der Waals surface area contributed by atoms with Crippen LogP contribution in [0, 0.1) is 13.8 Å². The lowest BCUT2D eigenvalue weighted by molar-refractivity contribution is 0.0976. The predicted molar refractivity (Wildman–Crippen MR) is 115 cm³/mol. The maximum atomic E-state index is 12.3. The quantitative estimate of drug-likeness (QED) is 0.549. The molecule has 2 aromatic carbocycles. The highest BCUT2D eigenvalue weighted by molar-refractivity contribution is 9.10. The molecule has 6 heteroatoms. The van der Waals surface area contributed by atoms with E-state index < -0.39 is 0 Å². The van der Waals surface area contributed by atoms with Gasteiger partial charge in [-0.25, -0.2) is 0 Å². The molecule has 1 heterocycles. The van der Waals surface area contributed by atoms with Crippen LogP contribution < -0.4 is 10.6 Å². The first kappa shape index (κ1) is 19.3. The van der Waals surface area contributed by atoms with E-state index in [0.29, 0.717) is 12.1 Å². The summed E-state index contributed by atoms with van der Waals surface area (Å²) in [6.07, 6.45) is 0. The molecular formula is C21H19BrN2O2S.